The highest BCUT2D eigenvalue weighted by molar-refractivity contribution is 5.99. The van der Waals surface area contributed by atoms with E-state index in [2.05, 4.69) is 36.2 Å². The van der Waals surface area contributed by atoms with Crippen LogP contribution in [-0.2, 0) is 4.79 Å². The minimum absolute atomic E-state index is 0.0632. The number of carboxylic acids is 1. The number of carbonyl (C=O) groups excluding carboxylic acids is 1. The Morgan fingerprint density at radius 1 is 0.721 bits per heavy atom. The van der Waals surface area contributed by atoms with Crippen LogP contribution in [0.1, 0.15) is 18.0 Å². The number of aromatic nitrogens is 3. The molecule has 0 radical (unpaired) electrons. The lowest BCUT2D eigenvalue weighted by Crippen LogP contribution is -2.23. The molecule has 216 valence electrons. The molecule has 5 rings (SSSR count). The fourth-order valence-electron chi connectivity index (χ4n) is 4.41. The quantitative estimate of drug-likeness (QED) is 0.118. The van der Waals surface area contributed by atoms with E-state index in [-0.39, 0.29) is 24.3 Å². The zero-order valence-electron chi connectivity index (χ0n) is 23.2. The molecule has 0 bridgehead atoms. The average Bonchev–Trinajstić information content (AvgIpc) is 3.02. The molecule has 0 spiro atoms. The molecule has 0 aliphatic heterocycles. The first-order valence-electron chi connectivity index (χ1n) is 13.4. The van der Waals surface area contributed by atoms with Gasteiger partial charge in [-0.3, -0.25) is 10.1 Å². The first kappa shape index (κ1) is 28.6. The monoisotopic (exact) mass is 575 g/mol. The van der Waals surface area contributed by atoms with Crippen molar-refractivity contribution >= 4 is 41.2 Å². The van der Waals surface area contributed by atoms with Crippen LogP contribution in [-0.4, -0.2) is 39.2 Å². The summed E-state index contributed by atoms with van der Waals surface area (Å²) in [6.07, 6.45) is -0.230. The summed E-state index contributed by atoms with van der Waals surface area (Å²) in [4.78, 5) is 38.0. The molecule has 4 aromatic carbocycles. The molecule has 5 N–H and O–H groups in total. The number of anilines is 5. The largest absolute Gasteiger partial charge is 0.495 e. The highest BCUT2D eigenvalue weighted by atomic mass is 16.5. The van der Waals surface area contributed by atoms with Gasteiger partial charge in [-0.2, -0.15) is 15.0 Å². The number of amides is 2. The van der Waals surface area contributed by atoms with Gasteiger partial charge in [0.2, 0.25) is 17.8 Å². The topological polar surface area (TPSA) is 150 Å². The Morgan fingerprint density at radius 3 is 2.05 bits per heavy atom. The van der Waals surface area contributed by atoms with Crippen molar-refractivity contribution in [3.05, 3.63) is 115 Å². The number of nitrogens with one attached hydrogen (secondary N) is 4. The third-order valence-electron chi connectivity index (χ3n) is 6.36. The average molecular weight is 576 g/mol. The van der Waals surface area contributed by atoms with Gasteiger partial charge in [-0.05, 0) is 29.3 Å². The second-order valence-electron chi connectivity index (χ2n) is 9.33. The van der Waals surface area contributed by atoms with Crippen molar-refractivity contribution < 1.29 is 19.4 Å². The van der Waals surface area contributed by atoms with Crippen molar-refractivity contribution in [1.29, 1.82) is 0 Å². The molecule has 0 saturated heterocycles. The Balaban J connectivity index is 1.48. The molecule has 11 heteroatoms. The number of ether oxygens (including phenoxy) is 1. The van der Waals surface area contributed by atoms with Crippen LogP contribution < -0.4 is 26.0 Å². The molecule has 1 unspecified atom stereocenters. The molecule has 5 aromatic rings. The predicted octanol–water partition coefficient (Wildman–Crippen LogP) is 6.56. The molecule has 43 heavy (non-hydrogen) atoms. The van der Waals surface area contributed by atoms with Gasteiger partial charge in [0.15, 0.2) is 0 Å². The number of benzene rings is 4. The van der Waals surface area contributed by atoms with Crippen LogP contribution in [0.2, 0.25) is 0 Å². The SMILES string of the molecule is COc1ccccc1NC(=O)Nc1nc(Nc2ccccc2-c2ccccc2)nc(NC(CC(=O)O)c2ccccc2)n1. The number of methoxy groups -OCH3 is 1. The molecule has 11 nitrogen and oxygen atoms in total. The van der Waals surface area contributed by atoms with Crippen LogP contribution >= 0.6 is 0 Å². The lowest BCUT2D eigenvalue weighted by atomic mass is 10.0. The van der Waals surface area contributed by atoms with Crippen molar-refractivity contribution in [2.24, 2.45) is 0 Å². The summed E-state index contributed by atoms with van der Waals surface area (Å²) in [5, 5.41) is 21.3. The van der Waals surface area contributed by atoms with Gasteiger partial charge in [0.05, 0.1) is 25.3 Å². The summed E-state index contributed by atoms with van der Waals surface area (Å²) in [5.41, 5.74) is 3.81. The molecule has 0 saturated carbocycles. The zero-order valence-corrected chi connectivity index (χ0v) is 23.2. The predicted molar refractivity (Wildman–Crippen MR) is 166 cm³/mol. The summed E-state index contributed by atoms with van der Waals surface area (Å²) in [7, 11) is 1.51. The van der Waals surface area contributed by atoms with E-state index in [1.807, 2.05) is 84.9 Å². The molecule has 2 amide bonds. The summed E-state index contributed by atoms with van der Waals surface area (Å²) < 4.78 is 5.31. The van der Waals surface area contributed by atoms with Gasteiger partial charge >= 0.3 is 12.0 Å². The zero-order chi connectivity index (χ0) is 30.0. The summed E-state index contributed by atoms with van der Waals surface area (Å²) in [5.74, 6) is -0.380. The maximum absolute atomic E-state index is 13.0. The third-order valence-corrected chi connectivity index (χ3v) is 6.36. The normalized spacial score (nSPS) is 11.2. The third kappa shape index (κ3) is 7.61. The Kier molecular flexibility index (Phi) is 9.03. The second-order valence-corrected chi connectivity index (χ2v) is 9.33. The van der Waals surface area contributed by atoms with E-state index in [4.69, 9.17) is 4.74 Å². The number of carbonyl (C=O) groups is 2. The Hall–Kier alpha value is -5.97. The van der Waals surface area contributed by atoms with Gasteiger partial charge in [-0.1, -0.05) is 91.0 Å². The molecular weight excluding hydrogens is 546 g/mol. The van der Waals surface area contributed by atoms with E-state index in [0.29, 0.717) is 11.4 Å². The second kappa shape index (κ2) is 13.6. The number of hydrogen-bond acceptors (Lipinski definition) is 8. The smallest absolute Gasteiger partial charge is 0.326 e. The van der Waals surface area contributed by atoms with Gasteiger partial charge in [-0.25, -0.2) is 4.79 Å². The first-order chi connectivity index (χ1) is 21.0. The van der Waals surface area contributed by atoms with Gasteiger partial charge in [0.1, 0.15) is 5.75 Å². The molecule has 1 aromatic heterocycles. The fourth-order valence-corrected chi connectivity index (χ4v) is 4.41. The molecule has 0 fully saturated rings. The molecule has 1 atom stereocenters. The van der Waals surface area contributed by atoms with Gasteiger partial charge in [0, 0.05) is 11.3 Å². The molecule has 1 heterocycles. The Labute approximate surface area is 248 Å². The lowest BCUT2D eigenvalue weighted by Gasteiger charge is -2.19. The highest BCUT2D eigenvalue weighted by Crippen LogP contribution is 2.30. The van der Waals surface area contributed by atoms with Gasteiger partial charge in [0.25, 0.3) is 0 Å². The van der Waals surface area contributed by atoms with Crippen molar-refractivity contribution in [3.63, 3.8) is 0 Å². The van der Waals surface area contributed by atoms with E-state index in [1.165, 1.54) is 7.11 Å². The Bertz CT molecular complexity index is 1700. The van der Waals surface area contributed by atoms with E-state index >= 15 is 0 Å². The van der Waals surface area contributed by atoms with Crippen LogP contribution in [0, 0.1) is 0 Å². The number of hydrogen-bond donors (Lipinski definition) is 5. The maximum atomic E-state index is 13.0. The van der Waals surface area contributed by atoms with Crippen LogP contribution in [0.25, 0.3) is 11.1 Å². The number of rotatable bonds is 11. The summed E-state index contributed by atoms with van der Waals surface area (Å²) >= 11 is 0. The summed E-state index contributed by atoms with van der Waals surface area (Å²) in [6.45, 7) is 0. The standard InChI is InChI=1S/C32H29N7O4/c1-43-27-19-11-10-18-25(27)35-32(42)39-31-37-29(33-24-17-9-8-16-23(24)21-12-4-2-5-13-21)36-30(38-31)34-26(20-28(40)41)22-14-6-3-7-15-22/h2-19,26H,20H2,1H3,(H,40,41)(H4,33,34,35,36,37,38,39,42). The minimum atomic E-state index is -1.000. The van der Waals surface area contributed by atoms with Crippen molar-refractivity contribution in [2.45, 2.75) is 12.5 Å². The number of nitrogens with zero attached hydrogens (tertiary/aromatic N) is 3. The van der Waals surface area contributed by atoms with E-state index < -0.39 is 18.0 Å². The highest BCUT2D eigenvalue weighted by Gasteiger charge is 2.19. The number of aliphatic carboxylic acids is 1. The van der Waals surface area contributed by atoms with Crippen LogP contribution in [0.15, 0.2) is 109 Å². The van der Waals surface area contributed by atoms with E-state index in [0.717, 1.165) is 22.4 Å². The summed E-state index contributed by atoms with van der Waals surface area (Å²) in [6, 6.07) is 32.3. The number of urea groups is 1. The van der Waals surface area contributed by atoms with Crippen molar-refractivity contribution in [3.8, 4) is 16.9 Å². The van der Waals surface area contributed by atoms with E-state index in [9.17, 15) is 14.7 Å². The molecular formula is C32H29N7O4. The molecule has 0 aliphatic carbocycles. The van der Waals surface area contributed by atoms with Crippen molar-refractivity contribution in [1.82, 2.24) is 15.0 Å². The number of para-hydroxylation sites is 3. The lowest BCUT2D eigenvalue weighted by molar-refractivity contribution is -0.137. The van der Waals surface area contributed by atoms with Gasteiger partial charge in [-0.15, -0.1) is 0 Å². The maximum Gasteiger partial charge on any atom is 0.326 e. The van der Waals surface area contributed by atoms with Crippen LogP contribution in [0.3, 0.4) is 0 Å². The first-order valence-corrected chi connectivity index (χ1v) is 13.4. The Morgan fingerprint density at radius 2 is 1.33 bits per heavy atom. The minimum Gasteiger partial charge on any atom is -0.495 e. The van der Waals surface area contributed by atoms with Crippen LogP contribution in [0.4, 0.5) is 34.0 Å². The van der Waals surface area contributed by atoms with Gasteiger partial charge < -0.3 is 25.8 Å². The van der Waals surface area contributed by atoms with Crippen LogP contribution in [0.5, 0.6) is 5.75 Å². The molecule has 0 aliphatic rings. The van der Waals surface area contributed by atoms with Crippen molar-refractivity contribution in [2.75, 3.05) is 28.4 Å². The number of carboxylic acid groups (broad SMARTS) is 1. The van der Waals surface area contributed by atoms with E-state index in [1.54, 1.807) is 24.3 Å². The fraction of sp³-hybridized carbons (Fsp3) is 0.0938.